The molecule has 0 bridgehead atoms. The highest BCUT2D eigenvalue weighted by Gasteiger charge is 2.45. The Kier molecular flexibility index (Phi) is 4.11. The molecule has 1 aromatic heterocycles. The number of hydrogen-bond donors (Lipinski definition) is 2. The van der Waals surface area contributed by atoms with Crippen molar-refractivity contribution in [2.45, 2.75) is 50.9 Å². The van der Waals surface area contributed by atoms with Gasteiger partial charge in [-0.2, -0.15) is 0 Å². The molecule has 8 heteroatoms. The van der Waals surface area contributed by atoms with Crippen molar-refractivity contribution < 1.29 is 18.7 Å². The Bertz CT molecular complexity index is 1010. The standard InChI is InChI=1S/C21H23FN4O3/c1-10-19(11-3-2-4-11)29-21(28)26(10)13-5-12-6-18(24-9-15(12)17(23)7-13)25-20(27)14-8-16(14)22/h5-7,9-11,14,16,19H,2-4,8,23H2,1H3,(H,24,25,27)/t10?,14-,16+,19?/m1/s1. The van der Waals surface area contributed by atoms with Crippen LogP contribution in [-0.2, 0) is 9.53 Å². The Morgan fingerprint density at radius 3 is 2.76 bits per heavy atom. The van der Waals surface area contributed by atoms with Crippen molar-refractivity contribution in [1.29, 1.82) is 0 Å². The minimum Gasteiger partial charge on any atom is -0.443 e. The summed E-state index contributed by atoms with van der Waals surface area (Å²) in [6.07, 6.45) is 3.66. The summed E-state index contributed by atoms with van der Waals surface area (Å²) in [5, 5.41) is 4.11. The maximum atomic E-state index is 13.1. The summed E-state index contributed by atoms with van der Waals surface area (Å²) in [5.74, 6) is -0.201. The van der Waals surface area contributed by atoms with Gasteiger partial charge in [0.05, 0.1) is 17.6 Å². The molecule has 0 spiro atoms. The first-order chi connectivity index (χ1) is 13.9. The number of nitrogens with one attached hydrogen (secondary N) is 1. The zero-order chi connectivity index (χ0) is 20.3. The fourth-order valence-electron chi connectivity index (χ4n) is 4.32. The molecule has 5 rings (SSSR count). The van der Waals surface area contributed by atoms with E-state index in [1.807, 2.05) is 13.0 Å². The number of amides is 2. The van der Waals surface area contributed by atoms with Gasteiger partial charge in [0, 0.05) is 17.3 Å². The predicted octanol–water partition coefficient (Wildman–Crippen LogP) is 3.63. The molecule has 2 amide bonds. The lowest BCUT2D eigenvalue weighted by molar-refractivity contribution is -0.117. The first-order valence-corrected chi connectivity index (χ1v) is 10.1. The molecule has 2 aliphatic carbocycles. The molecule has 1 aliphatic heterocycles. The third-order valence-electron chi connectivity index (χ3n) is 6.36. The third-order valence-corrected chi connectivity index (χ3v) is 6.36. The number of rotatable bonds is 4. The fraction of sp³-hybridized carbons (Fsp3) is 0.476. The van der Waals surface area contributed by atoms with E-state index in [1.165, 1.54) is 6.42 Å². The second-order valence-corrected chi connectivity index (χ2v) is 8.32. The van der Waals surface area contributed by atoms with Gasteiger partial charge in [-0.05, 0) is 55.7 Å². The van der Waals surface area contributed by atoms with Gasteiger partial charge in [0.2, 0.25) is 5.91 Å². The number of anilines is 3. The zero-order valence-corrected chi connectivity index (χ0v) is 16.1. The van der Waals surface area contributed by atoms with Crippen LogP contribution in [-0.4, -0.2) is 35.3 Å². The lowest BCUT2D eigenvalue weighted by Crippen LogP contribution is -2.39. The average molecular weight is 398 g/mol. The number of aromatic nitrogens is 1. The number of nitrogens with two attached hydrogens (primary N) is 1. The molecule has 2 unspecified atom stereocenters. The van der Waals surface area contributed by atoms with Gasteiger partial charge in [-0.15, -0.1) is 0 Å². The number of alkyl halides is 1. The van der Waals surface area contributed by atoms with Crippen LogP contribution in [0.1, 0.15) is 32.6 Å². The Morgan fingerprint density at radius 2 is 2.10 bits per heavy atom. The molecule has 2 saturated carbocycles. The number of benzene rings is 1. The number of hydrogen-bond acceptors (Lipinski definition) is 5. The van der Waals surface area contributed by atoms with Crippen molar-refractivity contribution in [1.82, 2.24) is 4.98 Å². The van der Waals surface area contributed by atoms with E-state index in [2.05, 4.69) is 10.3 Å². The summed E-state index contributed by atoms with van der Waals surface area (Å²) >= 11 is 0. The lowest BCUT2D eigenvalue weighted by Gasteiger charge is -2.32. The first-order valence-electron chi connectivity index (χ1n) is 10.1. The molecule has 3 aliphatic rings. The number of nitrogens with zero attached hydrogens (tertiary/aromatic N) is 2. The van der Waals surface area contributed by atoms with Crippen LogP contribution < -0.4 is 16.0 Å². The number of pyridine rings is 1. The number of carbonyl (C=O) groups excluding carboxylic acids is 2. The molecule has 29 heavy (non-hydrogen) atoms. The third kappa shape index (κ3) is 3.07. The summed E-state index contributed by atoms with van der Waals surface area (Å²) in [6.45, 7) is 2.00. The zero-order valence-electron chi connectivity index (χ0n) is 16.1. The normalized spacial score (nSPS) is 28.9. The fourth-order valence-corrected chi connectivity index (χ4v) is 4.32. The Morgan fingerprint density at radius 1 is 1.34 bits per heavy atom. The average Bonchev–Trinajstić information content (AvgIpc) is 3.29. The van der Waals surface area contributed by atoms with Gasteiger partial charge in [-0.1, -0.05) is 6.42 Å². The molecule has 4 atom stereocenters. The van der Waals surface area contributed by atoms with Gasteiger partial charge < -0.3 is 15.8 Å². The van der Waals surface area contributed by atoms with E-state index in [-0.39, 0.29) is 30.6 Å². The molecule has 1 saturated heterocycles. The topological polar surface area (TPSA) is 97.6 Å². The van der Waals surface area contributed by atoms with Crippen LogP contribution in [0.15, 0.2) is 24.4 Å². The van der Waals surface area contributed by atoms with Crippen molar-refractivity contribution in [3.05, 3.63) is 24.4 Å². The van der Waals surface area contributed by atoms with Gasteiger partial charge >= 0.3 is 6.09 Å². The maximum Gasteiger partial charge on any atom is 0.415 e. The Labute approximate surface area is 167 Å². The molecule has 0 radical (unpaired) electrons. The van der Waals surface area contributed by atoms with Gasteiger partial charge in [0.1, 0.15) is 18.1 Å². The van der Waals surface area contributed by atoms with Crippen molar-refractivity contribution in [2.75, 3.05) is 16.0 Å². The van der Waals surface area contributed by atoms with Gasteiger partial charge in [0.25, 0.3) is 0 Å². The van der Waals surface area contributed by atoms with Crippen LogP contribution in [0, 0.1) is 11.8 Å². The van der Waals surface area contributed by atoms with E-state index in [9.17, 15) is 14.0 Å². The largest absolute Gasteiger partial charge is 0.443 e. The molecule has 3 fully saturated rings. The lowest BCUT2D eigenvalue weighted by atomic mass is 9.79. The second kappa shape index (κ2) is 6.57. The van der Waals surface area contributed by atoms with Gasteiger partial charge in [-0.25, -0.2) is 14.2 Å². The van der Waals surface area contributed by atoms with Crippen LogP contribution in [0.4, 0.5) is 26.4 Å². The SMILES string of the molecule is CC1C(C2CCC2)OC(=O)N1c1cc(N)c2cnc(NC(=O)[C@@H]3C[C@@H]3F)cc2c1. The highest BCUT2D eigenvalue weighted by atomic mass is 19.1. The molecule has 1 aromatic carbocycles. The van der Waals surface area contributed by atoms with Crippen LogP contribution in [0.2, 0.25) is 0 Å². The highest BCUT2D eigenvalue weighted by molar-refractivity contribution is 6.02. The van der Waals surface area contributed by atoms with E-state index in [0.29, 0.717) is 23.1 Å². The molecule has 2 heterocycles. The number of nitrogen functional groups attached to an aromatic ring is 1. The minimum atomic E-state index is -1.07. The molecular formula is C21H23FN4O3. The van der Waals surface area contributed by atoms with E-state index in [4.69, 9.17) is 10.5 Å². The van der Waals surface area contributed by atoms with E-state index in [0.717, 1.165) is 23.6 Å². The summed E-state index contributed by atoms with van der Waals surface area (Å²) in [7, 11) is 0. The summed E-state index contributed by atoms with van der Waals surface area (Å²) in [5.41, 5.74) is 7.36. The summed E-state index contributed by atoms with van der Waals surface area (Å²) in [6, 6.07) is 5.21. The first kappa shape index (κ1) is 18.1. The summed E-state index contributed by atoms with van der Waals surface area (Å²) in [4.78, 5) is 30.4. The molecular weight excluding hydrogens is 375 g/mol. The van der Waals surface area contributed by atoms with Crippen molar-refractivity contribution >= 4 is 40.0 Å². The van der Waals surface area contributed by atoms with E-state index in [1.54, 1.807) is 23.2 Å². The van der Waals surface area contributed by atoms with Gasteiger partial charge in [0.15, 0.2) is 0 Å². The quantitative estimate of drug-likeness (QED) is 0.767. The molecule has 3 N–H and O–H groups in total. The van der Waals surface area contributed by atoms with Crippen molar-refractivity contribution in [3.8, 4) is 0 Å². The summed E-state index contributed by atoms with van der Waals surface area (Å²) < 4.78 is 18.8. The highest BCUT2D eigenvalue weighted by Crippen LogP contribution is 2.40. The Hall–Kier alpha value is -2.90. The number of carbonyl (C=O) groups is 2. The molecule has 2 aromatic rings. The van der Waals surface area contributed by atoms with Crippen molar-refractivity contribution in [3.63, 3.8) is 0 Å². The number of ether oxygens (including phenoxy) is 1. The van der Waals surface area contributed by atoms with Crippen LogP contribution in [0.25, 0.3) is 10.8 Å². The minimum absolute atomic E-state index is 0.0815. The smallest absolute Gasteiger partial charge is 0.415 e. The van der Waals surface area contributed by atoms with E-state index < -0.39 is 12.1 Å². The van der Waals surface area contributed by atoms with Crippen LogP contribution in [0.5, 0.6) is 0 Å². The number of halogens is 1. The van der Waals surface area contributed by atoms with E-state index >= 15 is 0 Å². The molecule has 7 nitrogen and oxygen atoms in total. The maximum absolute atomic E-state index is 13.1. The predicted molar refractivity (Wildman–Crippen MR) is 107 cm³/mol. The van der Waals surface area contributed by atoms with Crippen LogP contribution in [0.3, 0.4) is 0 Å². The monoisotopic (exact) mass is 398 g/mol. The number of fused-ring (bicyclic) bond motifs is 1. The van der Waals surface area contributed by atoms with Gasteiger partial charge in [-0.3, -0.25) is 9.69 Å². The van der Waals surface area contributed by atoms with Crippen LogP contribution >= 0.6 is 0 Å². The second-order valence-electron chi connectivity index (χ2n) is 8.32. The molecule has 152 valence electrons. The van der Waals surface area contributed by atoms with Crippen molar-refractivity contribution in [2.24, 2.45) is 11.8 Å². The Balaban J connectivity index is 1.45. The number of cyclic esters (lactones) is 1.